The van der Waals surface area contributed by atoms with Crippen molar-refractivity contribution in [2.45, 2.75) is 69.4 Å². The summed E-state index contributed by atoms with van der Waals surface area (Å²) in [6, 6.07) is 0.0524. The van der Waals surface area contributed by atoms with Crippen LogP contribution >= 0.6 is 23.1 Å². The minimum Gasteiger partial charge on any atom is -0.388 e. The lowest BCUT2D eigenvalue weighted by atomic mass is 9.81. The van der Waals surface area contributed by atoms with Crippen molar-refractivity contribution in [2.24, 2.45) is 5.41 Å². The SMILES string of the molecule is CCCCC(C)(C)[C@H](O)/C=C/[C@H]1CCC(=O)N1CCSc1nc(C=O)cs1. The van der Waals surface area contributed by atoms with E-state index in [0.717, 1.165) is 42.1 Å². The minimum absolute atomic E-state index is 0.0524. The Morgan fingerprint density at radius 2 is 2.30 bits per heavy atom. The predicted octanol–water partition coefficient (Wildman–Crippen LogP) is 4.17. The van der Waals surface area contributed by atoms with Crippen molar-refractivity contribution in [3.8, 4) is 0 Å². The molecule has 0 bridgehead atoms. The normalized spacial score (nSPS) is 19.2. The van der Waals surface area contributed by atoms with Gasteiger partial charge in [0.15, 0.2) is 10.6 Å². The zero-order valence-electron chi connectivity index (χ0n) is 16.4. The van der Waals surface area contributed by atoms with E-state index >= 15 is 0 Å². The number of aromatic nitrogens is 1. The number of aldehydes is 1. The first-order valence-electron chi connectivity index (χ1n) is 9.56. The maximum absolute atomic E-state index is 12.2. The number of hydrogen-bond donors (Lipinski definition) is 1. The van der Waals surface area contributed by atoms with E-state index in [0.29, 0.717) is 18.7 Å². The number of rotatable bonds is 11. The average Bonchev–Trinajstić information content (AvgIpc) is 3.25. The zero-order valence-corrected chi connectivity index (χ0v) is 18.0. The Morgan fingerprint density at radius 3 is 2.96 bits per heavy atom. The summed E-state index contributed by atoms with van der Waals surface area (Å²) in [4.78, 5) is 29.0. The number of thiazole rings is 1. The average molecular weight is 411 g/mol. The van der Waals surface area contributed by atoms with Gasteiger partial charge in [0.1, 0.15) is 5.69 Å². The van der Waals surface area contributed by atoms with E-state index in [1.54, 1.807) is 17.1 Å². The number of carbonyl (C=O) groups excluding carboxylic acids is 2. The first-order valence-corrected chi connectivity index (χ1v) is 11.4. The monoisotopic (exact) mass is 410 g/mol. The van der Waals surface area contributed by atoms with Crippen molar-refractivity contribution in [3.63, 3.8) is 0 Å². The fourth-order valence-corrected chi connectivity index (χ4v) is 4.93. The van der Waals surface area contributed by atoms with Gasteiger partial charge in [0.05, 0.1) is 12.1 Å². The van der Waals surface area contributed by atoms with Gasteiger partial charge in [-0.3, -0.25) is 9.59 Å². The maximum atomic E-state index is 12.2. The lowest BCUT2D eigenvalue weighted by Gasteiger charge is -2.29. The third-order valence-corrected chi connectivity index (χ3v) is 7.06. The molecule has 150 valence electrons. The van der Waals surface area contributed by atoms with Gasteiger partial charge in [-0.1, -0.05) is 57.5 Å². The predicted molar refractivity (Wildman–Crippen MR) is 111 cm³/mol. The fourth-order valence-electron chi connectivity index (χ4n) is 3.14. The summed E-state index contributed by atoms with van der Waals surface area (Å²) < 4.78 is 0.851. The topological polar surface area (TPSA) is 70.5 Å². The molecule has 1 N–H and O–H groups in total. The second-order valence-electron chi connectivity index (χ2n) is 7.62. The van der Waals surface area contributed by atoms with Crippen LogP contribution in [-0.4, -0.2) is 51.6 Å². The highest BCUT2D eigenvalue weighted by Crippen LogP contribution is 2.30. The summed E-state index contributed by atoms with van der Waals surface area (Å²) in [6.45, 7) is 6.98. The summed E-state index contributed by atoms with van der Waals surface area (Å²) in [6.07, 6.45) is 8.68. The summed E-state index contributed by atoms with van der Waals surface area (Å²) >= 11 is 3.02. The Hall–Kier alpha value is -1.18. The molecule has 1 aliphatic heterocycles. The molecule has 1 amide bonds. The molecule has 1 fully saturated rings. The first-order chi connectivity index (χ1) is 12.9. The van der Waals surface area contributed by atoms with Crippen molar-refractivity contribution in [1.82, 2.24) is 9.88 Å². The van der Waals surface area contributed by atoms with Crippen molar-refractivity contribution >= 4 is 35.3 Å². The highest BCUT2D eigenvalue weighted by molar-refractivity contribution is 8.01. The second kappa shape index (κ2) is 10.4. The maximum Gasteiger partial charge on any atom is 0.223 e. The van der Waals surface area contributed by atoms with Crippen molar-refractivity contribution in [1.29, 1.82) is 0 Å². The molecule has 0 unspecified atom stereocenters. The molecule has 0 saturated carbocycles. The lowest BCUT2D eigenvalue weighted by Crippen LogP contribution is -2.34. The second-order valence-corrected chi connectivity index (χ2v) is 9.82. The highest BCUT2D eigenvalue weighted by atomic mass is 32.2. The molecular formula is C20H30N2O3S2. The smallest absolute Gasteiger partial charge is 0.223 e. The Balaban J connectivity index is 1.87. The van der Waals surface area contributed by atoms with E-state index < -0.39 is 6.10 Å². The third-order valence-electron chi connectivity index (χ3n) is 5.04. The molecule has 2 rings (SSSR count). The van der Waals surface area contributed by atoms with Gasteiger partial charge in [-0.2, -0.15) is 0 Å². The lowest BCUT2D eigenvalue weighted by molar-refractivity contribution is -0.128. The van der Waals surface area contributed by atoms with E-state index in [2.05, 4.69) is 25.8 Å². The van der Waals surface area contributed by atoms with Crippen LogP contribution in [0.2, 0.25) is 0 Å². The van der Waals surface area contributed by atoms with Crippen LogP contribution in [0.15, 0.2) is 21.9 Å². The van der Waals surface area contributed by atoms with E-state index in [9.17, 15) is 14.7 Å². The summed E-state index contributed by atoms with van der Waals surface area (Å²) in [7, 11) is 0. The summed E-state index contributed by atoms with van der Waals surface area (Å²) in [5.41, 5.74) is 0.303. The van der Waals surface area contributed by atoms with Gasteiger partial charge in [-0.15, -0.1) is 11.3 Å². The molecule has 2 atom stereocenters. The number of unbranched alkanes of at least 4 members (excludes halogenated alkanes) is 1. The Kier molecular flexibility index (Phi) is 8.51. The van der Waals surface area contributed by atoms with Crippen LogP contribution in [-0.2, 0) is 4.79 Å². The van der Waals surface area contributed by atoms with Crippen molar-refractivity contribution < 1.29 is 14.7 Å². The molecule has 0 aromatic carbocycles. The summed E-state index contributed by atoms with van der Waals surface area (Å²) in [5, 5.41) is 12.3. The molecule has 7 heteroatoms. The minimum atomic E-state index is -0.506. The quantitative estimate of drug-likeness (QED) is 0.337. The largest absolute Gasteiger partial charge is 0.388 e. The number of aliphatic hydroxyl groups excluding tert-OH is 1. The van der Waals surface area contributed by atoms with E-state index in [4.69, 9.17) is 0 Å². The molecule has 1 aromatic heterocycles. The molecule has 0 aliphatic carbocycles. The van der Waals surface area contributed by atoms with Gasteiger partial charge in [0, 0.05) is 24.1 Å². The standard InChI is InChI=1S/C20H30N2O3S2/c1-4-5-10-20(2,3)17(24)8-6-16-7-9-18(25)22(16)11-12-26-19-21-15(13-23)14-27-19/h6,8,13-14,16-17,24H,4-5,7,9-12H2,1-3H3/b8-6+/t16-,17+/m0/s1. The molecule has 0 radical (unpaired) electrons. The van der Waals surface area contributed by atoms with Gasteiger partial charge in [-0.05, 0) is 18.3 Å². The molecule has 5 nitrogen and oxygen atoms in total. The van der Waals surface area contributed by atoms with E-state index in [1.807, 2.05) is 17.1 Å². The summed E-state index contributed by atoms with van der Waals surface area (Å²) in [5.74, 6) is 0.907. The van der Waals surface area contributed by atoms with Crippen LogP contribution in [0.25, 0.3) is 0 Å². The number of nitrogens with zero attached hydrogens (tertiary/aromatic N) is 2. The zero-order chi connectivity index (χ0) is 19.9. The Labute approximate surface area is 170 Å². The molecule has 1 aromatic rings. The molecule has 0 spiro atoms. The van der Waals surface area contributed by atoms with Gasteiger partial charge < -0.3 is 10.0 Å². The number of aliphatic hydroxyl groups is 1. The Morgan fingerprint density at radius 1 is 1.52 bits per heavy atom. The van der Waals surface area contributed by atoms with Crippen molar-refractivity contribution in [2.75, 3.05) is 12.3 Å². The van der Waals surface area contributed by atoms with Crippen LogP contribution in [0.4, 0.5) is 0 Å². The molecule has 27 heavy (non-hydrogen) atoms. The number of thioether (sulfide) groups is 1. The first kappa shape index (κ1) is 22.1. The number of carbonyl (C=O) groups is 2. The van der Waals surface area contributed by atoms with Crippen LogP contribution in [0.1, 0.15) is 63.4 Å². The number of amides is 1. The van der Waals surface area contributed by atoms with Gasteiger partial charge in [0.25, 0.3) is 0 Å². The number of hydrogen-bond acceptors (Lipinski definition) is 6. The number of likely N-dealkylation sites (tertiary alicyclic amines) is 1. The third kappa shape index (κ3) is 6.43. The molecule has 2 heterocycles. The van der Waals surface area contributed by atoms with Crippen LogP contribution in [0.3, 0.4) is 0 Å². The highest BCUT2D eigenvalue weighted by Gasteiger charge is 2.30. The van der Waals surface area contributed by atoms with Crippen molar-refractivity contribution in [3.05, 3.63) is 23.2 Å². The van der Waals surface area contributed by atoms with E-state index in [-0.39, 0.29) is 17.4 Å². The van der Waals surface area contributed by atoms with Crippen LogP contribution in [0.5, 0.6) is 0 Å². The van der Waals surface area contributed by atoms with Crippen LogP contribution < -0.4 is 0 Å². The molecule has 1 saturated heterocycles. The van der Waals surface area contributed by atoms with Gasteiger partial charge in [-0.25, -0.2) is 4.98 Å². The molecule has 1 aliphatic rings. The van der Waals surface area contributed by atoms with Gasteiger partial charge >= 0.3 is 0 Å². The van der Waals surface area contributed by atoms with Gasteiger partial charge in [0.2, 0.25) is 5.91 Å². The fraction of sp³-hybridized carbons (Fsp3) is 0.650. The molecular weight excluding hydrogens is 380 g/mol. The Bertz CT molecular complexity index is 657. The van der Waals surface area contributed by atoms with Crippen LogP contribution in [0, 0.1) is 5.41 Å². The van der Waals surface area contributed by atoms with E-state index in [1.165, 1.54) is 11.3 Å².